The first-order chi connectivity index (χ1) is 10.1. The van der Waals surface area contributed by atoms with E-state index in [0.717, 1.165) is 25.3 Å². The van der Waals surface area contributed by atoms with Crippen LogP contribution in [0.1, 0.15) is 19.3 Å². The summed E-state index contributed by atoms with van der Waals surface area (Å²) in [6.07, 6.45) is 8.94. The number of allylic oxidation sites excluding steroid dienone is 2. The normalized spacial score (nSPS) is 17.8. The Bertz CT molecular complexity index is 612. The molecule has 0 aromatic heterocycles. The molecule has 2 rings (SSSR count). The maximum atomic E-state index is 10.9. The van der Waals surface area contributed by atoms with Crippen LogP contribution in [0.4, 0.5) is 17.1 Å². The highest BCUT2D eigenvalue weighted by Gasteiger charge is 2.19. The Morgan fingerprint density at radius 3 is 2.71 bits per heavy atom. The van der Waals surface area contributed by atoms with E-state index in [1.165, 1.54) is 12.1 Å². The molecule has 8 nitrogen and oxygen atoms in total. The van der Waals surface area contributed by atoms with Gasteiger partial charge in [-0.05, 0) is 25.3 Å². The van der Waals surface area contributed by atoms with Gasteiger partial charge in [-0.3, -0.25) is 25.7 Å². The number of hydrogen-bond donors (Lipinski definition) is 1. The van der Waals surface area contributed by atoms with Crippen LogP contribution < -0.4 is 5.43 Å². The van der Waals surface area contributed by atoms with Gasteiger partial charge in [0.05, 0.1) is 15.9 Å². The summed E-state index contributed by atoms with van der Waals surface area (Å²) in [5, 5.41) is 25.6. The molecule has 1 atom stereocenters. The number of anilines is 1. The van der Waals surface area contributed by atoms with Gasteiger partial charge in [-0.1, -0.05) is 12.2 Å². The number of hydrazone groups is 1. The number of hydrogen-bond acceptors (Lipinski definition) is 6. The fourth-order valence-electron chi connectivity index (χ4n) is 2.04. The summed E-state index contributed by atoms with van der Waals surface area (Å²) in [6, 6.07) is 3.40. The van der Waals surface area contributed by atoms with Crippen LogP contribution in [-0.4, -0.2) is 16.1 Å². The van der Waals surface area contributed by atoms with E-state index in [1.54, 1.807) is 6.21 Å². The molecule has 0 amide bonds. The number of non-ortho nitro benzene ring substituents is 1. The topological polar surface area (TPSA) is 111 Å². The standard InChI is InChI=1S/C13H14N4O4/c18-16(19)11-6-7-12(13(8-11)17(20)21)15-14-9-10-4-2-1-3-5-10/h2,4,6-10,15H,1,3,5H2/b14-9+. The maximum absolute atomic E-state index is 10.9. The number of nitro benzene ring substituents is 2. The monoisotopic (exact) mass is 290 g/mol. The molecule has 1 aliphatic rings. The SMILES string of the molecule is O=[N+]([O-])c1ccc(N/N=C/C2C=CCCC2)c([N+](=O)[O-])c1. The largest absolute Gasteiger partial charge is 0.301 e. The number of nitro groups is 2. The molecule has 0 aliphatic heterocycles. The van der Waals surface area contributed by atoms with Crippen LogP contribution in [0.2, 0.25) is 0 Å². The average molecular weight is 290 g/mol. The first-order valence-corrected chi connectivity index (χ1v) is 6.46. The Hall–Kier alpha value is -2.77. The molecule has 0 spiro atoms. The third kappa shape index (κ3) is 3.85. The van der Waals surface area contributed by atoms with Gasteiger partial charge in [0.2, 0.25) is 0 Å². The van der Waals surface area contributed by atoms with Crippen molar-refractivity contribution in [2.75, 3.05) is 5.43 Å². The number of nitrogens with zero attached hydrogens (tertiary/aromatic N) is 3. The summed E-state index contributed by atoms with van der Waals surface area (Å²) < 4.78 is 0. The minimum atomic E-state index is -0.675. The van der Waals surface area contributed by atoms with Crippen LogP contribution in [0.3, 0.4) is 0 Å². The van der Waals surface area contributed by atoms with E-state index in [4.69, 9.17) is 0 Å². The van der Waals surface area contributed by atoms with Crippen molar-refractivity contribution < 1.29 is 9.85 Å². The second kappa shape index (κ2) is 6.60. The van der Waals surface area contributed by atoms with Crippen LogP contribution in [0, 0.1) is 26.1 Å². The Morgan fingerprint density at radius 2 is 2.10 bits per heavy atom. The Labute approximate surface area is 120 Å². The predicted octanol–water partition coefficient (Wildman–Crippen LogP) is 3.26. The van der Waals surface area contributed by atoms with E-state index in [2.05, 4.69) is 16.6 Å². The second-order valence-electron chi connectivity index (χ2n) is 4.63. The summed E-state index contributed by atoms with van der Waals surface area (Å²) in [7, 11) is 0. The van der Waals surface area contributed by atoms with Gasteiger partial charge in [-0.25, -0.2) is 0 Å². The second-order valence-corrected chi connectivity index (χ2v) is 4.63. The molecule has 21 heavy (non-hydrogen) atoms. The van der Waals surface area contributed by atoms with Crippen molar-refractivity contribution >= 4 is 23.3 Å². The minimum Gasteiger partial charge on any atom is -0.272 e. The molecule has 0 fully saturated rings. The van der Waals surface area contributed by atoms with Crippen molar-refractivity contribution in [3.05, 3.63) is 50.6 Å². The van der Waals surface area contributed by atoms with Crippen molar-refractivity contribution in [1.29, 1.82) is 0 Å². The Kier molecular flexibility index (Phi) is 4.60. The zero-order chi connectivity index (χ0) is 15.2. The summed E-state index contributed by atoms with van der Waals surface area (Å²) in [5.41, 5.74) is 2.00. The zero-order valence-electron chi connectivity index (χ0n) is 11.1. The third-order valence-corrected chi connectivity index (χ3v) is 3.13. The van der Waals surface area contributed by atoms with Crippen molar-refractivity contribution in [3.8, 4) is 0 Å². The van der Waals surface area contributed by atoms with Gasteiger partial charge in [0.1, 0.15) is 5.69 Å². The van der Waals surface area contributed by atoms with Crippen LogP contribution in [0.15, 0.2) is 35.5 Å². The van der Waals surface area contributed by atoms with E-state index in [9.17, 15) is 20.2 Å². The minimum absolute atomic E-state index is 0.127. The zero-order valence-corrected chi connectivity index (χ0v) is 11.1. The van der Waals surface area contributed by atoms with Crippen LogP contribution in [0.5, 0.6) is 0 Å². The quantitative estimate of drug-likeness (QED) is 0.387. The molecule has 110 valence electrons. The Balaban J connectivity index is 2.13. The highest BCUT2D eigenvalue weighted by Crippen LogP contribution is 2.28. The molecule has 1 aromatic rings. The van der Waals surface area contributed by atoms with Gasteiger partial charge in [-0.2, -0.15) is 5.10 Å². The van der Waals surface area contributed by atoms with Crippen molar-refractivity contribution in [2.24, 2.45) is 11.0 Å². The summed E-state index contributed by atoms with van der Waals surface area (Å²) in [6.45, 7) is 0. The van der Waals surface area contributed by atoms with Gasteiger partial charge in [0, 0.05) is 18.2 Å². The van der Waals surface area contributed by atoms with Gasteiger partial charge < -0.3 is 0 Å². The summed E-state index contributed by atoms with van der Waals surface area (Å²) in [5.74, 6) is 0.211. The molecule has 1 aromatic carbocycles. The predicted molar refractivity (Wildman–Crippen MR) is 78.3 cm³/mol. The van der Waals surface area contributed by atoms with Gasteiger partial charge in [0.25, 0.3) is 5.69 Å². The lowest BCUT2D eigenvalue weighted by atomic mass is 9.97. The smallest absolute Gasteiger partial charge is 0.272 e. The first-order valence-electron chi connectivity index (χ1n) is 6.46. The lowest BCUT2D eigenvalue weighted by Crippen LogP contribution is -2.04. The molecule has 0 radical (unpaired) electrons. The molecule has 1 N–H and O–H groups in total. The average Bonchev–Trinajstić information content (AvgIpc) is 2.48. The lowest BCUT2D eigenvalue weighted by molar-refractivity contribution is -0.393. The van der Waals surface area contributed by atoms with Crippen LogP contribution in [-0.2, 0) is 0 Å². The van der Waals surface area contributed by atoms with E-state index in [1.807, 2.05) is 6.08 Å². The molecule has 1 aliphatic carbocycles. The fourth-order valence-corrected chi connectivity index (χ4v) is 2.04. The third-order valence-electron chi connectivity index (χ3n) is 3.13. The van der Waals surface area contributed by atoms with E-state index >= 15 is 0 Å². The van der Waals surface area contributed by atoms with Crippen molar-refractivity contribution in [1.82, 2.24) is 0 Å². The van der Waals surface area contributed by atoms with Crippen LogP contribution >= 0.6 is 0 Å². The first kappa shape index (κ1) is 14.6. The van der Waals surface area contributed by atoms with Crippen LogP contribution in [0.25, 0.3) is 0 Å². The molecule has 0 saturated heterocycles. The molecule has 0 saturated carbocycles. The van der Waals surface area contributed by atoms with Gasteiger partial charge in [0.15, 0.2) is 0 Å². The van der Waals surface area contributed by atoms with Gasteiger partial charge >= 0.3 is 5.69 Å². The molecule has 1 unspecified atom stereocenters. The number of rotatable bonds is 5. The molecule has 8 heteroatoms. The maximum Gasteiger partial charge on any atom is 0.301 e. The van der Waals surface area contributed by atoms with E-state index in [0.29, 0.717) is 0 Å². The summed E-state index contributed by atoms with van der Waals surface area (Å²) in [4.78, 5) is 20.2. The molecule has 0 heterocycles. The lowest BCUT2D eigenvalue weighted by Gasteiger charge is -2.10. The molecular formula is C13H14N4O4. The van der Waals surface area contributed by atoms with E-state index < -0.39 is 9.85 Å². The highest BCUT2D eigenvalue weighted by atomic mass is 16.6. The van der Waals surface area contributed by atoms with Crippen molar-refractivity contribution in [2.45, 2.75) is 19.3 Å². The highest BCUT2D eigenvalue weighted by molar-refractivity contribution is 5.69. The summed E-state index contributed by atoms with van der Waals surface area (Å²) >= 11 is 0. The number of benzene rings is 1. The van der Waals surface area contributed by atoms with E-state index in [-0.39, 0.29) is 23.0 Å². The Morgan fingerprint density at radius 1 is 1.29 bits per heavy atom. The number of nitrogens with one attached hydrogen (secondary N) is 1. The molecular weight excluding hydrogens is 276 g/mol. The van der Waals surface area contributed by atoms with Gasteiger partial charge in [-0.15, -0.1) is 0 Å². The molecule has 0 bridgehead atoms. The van der Waals surface area contributed by atoms with Crippen molar-refractivity contribution in [3.63, 3.8) is 0 Å². The fraction of sp³-hybridized carbons (Fsp3) is 0.308.